The minimum Gasteiger partial charge on any atom is -0.480 e. The van der Waals surface area contributed by atoms with Gasteiger partial charge in [0.2, 0.25) is 0 Å². The summed E-state index contributed by atoms with van der Waals surface area (Å²) in [4.78, 5) is 33.7. The normalized spacial score (nSPS) is 9.75. The van der Waals surface area contributed by atoms with Crippen LogP contribution in [-0.4, -0.2) is 46.0 Å². The summed E-state index contributed by atoms with van der Waals surface area (Å²) < 4.78 is 0. The average Bonchev–Trinajstić information content (AvgIpc) is 2.66. The maximum Gasteiger partial charge on any atom is 0.323 e. The van der Waals surface area contributed by atoms with Gasteiger partial charge >= 0.3 is 11.9 Å². The van der Waals surface area contributed by atoms with Gasteiger partial charge in [-0.3, -0.25) is 14.4 Å². The monoisotopic (exact) mass is 243 g/mol. The van der Waals surface area contributed by atoms with E-state index in [1.165, 1.54) is 6.07 Å². The number of aliphatic carboxylic acids is 2. The van der Waals surface area contributed by atoms with Crippen molar-refractivity contribution >= 4 is 29.2 Å². The van der Waals surface area contributed by atoms with E-state index in [0.29, 0.717) is 4.88 Å². The topological polar surface area (TPSA) is 94.9 Å². The molecule has 0 unspecified atom stereocenters. The fourth-order valence-corrected chi connectivity index (χ4v) is 1.77. The van der Waals surface area contributed by atoms with Crippen molar-refractivity contribution in [3.63, 3.8) is 0 Å². The van der Waals surface area contributed by atoms with Crippen LogP contribution in [-0.2, 0) is 9.59 Å². The van der Waals surface area contributed by atoms with Crippen molar-refractivity contribution < 1.29 is 24.6 Å². The zero-order valence-electron chi connectivity index (χ0n) is 8.12. The Morgan fingerprint density at radius 1 is 1.19 bits per heavy atom. The van der Waals surface area contributed by atoms with Crippen LogP contribution in [0.15, 0.2) is 17.5 Å². The summed E-state index contributed by atoms with van der Waals surface area (Å²) in [7, 11) is 0. The van der Waals surface area contributed by atoms with Crippen molar-refractivity contribution in [3.05, 3.63) is 22.4 Å². The lowest BCUT2D eigenvalue weighted by molar-refractivity contribution is -0.140. The number of nitrogens with zero attached hydrogens (tertiary/aromatic N) is 1. The molecule has 0 saturated heterocycles. The van der Waals surface area contributed by atoms with Crippen molar-refractivity contribution in [2.45, 2.75) is 0 Å². The number of carboxylic acid groups (broad SMARTS) is 2. The van der Waals surface area contributed by atoms with Gasteiger partial charge in [0, 0.05) is 0 Å². The molecule has 1 amide bonds. The van der Waals surface area contributed by atoms with Crippen molar-refractivity contribution in [2.24, 2.45) is 0 Å². The van der Waals surface area contributed by atoms with Crippen molar-refractivity contribution in [3.8, 4) is 0 Å². The first-order valence-corrected chi connectivity index (χ1v) is 5.15. The van der Waals surface area contributed by atoms with E-state index in [2.05, 4.69) is 0 Å². The molecule has 86 valence electrons. The second-order valence-electron chi connectivity index (χ2n) is 2.93. The Hall–Kier alpha value is -1.89. The van der Waals surface area contributed by atoms with Crippen LogP contribution in [0.25, 0.3) is 0 Å². The number of hydrogen-bond donors (Lipinski definition) is 2. The summed E-state index contributed by atoms with van der Waals surface area (Å²) in [6.07, 6.45) is 0. The number of carbonyl (C=O) groups is 3. The average molecular weight is 243 g/mol. The molecule has 0 aliphatic rings. The molecule has 0 atom stereocenters. The van der Waals surface area contributed by atoms with Crippen molar-refractivity contribution in [1.29, 1.82) is 0 Å². The van der Waals surface area contributed by atoms with Crippen LogP contribution in [0.2, 0.25) is 0 Å². The maximum atomic E-state index is 11.7. The molecule has 1 heterocycles. The summed E-state index contributed by atoms with van der Waals surface area (Å²) in [5.74, 6) is -3.07. The van der Waals surface area contributed by atoms with E-state index in [0.717, 1.165) is 16.2 Å². The maximum absolute atomic E-state index is 11.7. The zero-order chi connectivity index (χ0) is 12.1. The van der Waals surface area contributed by atoms with E-state index >= 15 is 0 Å². The molecular formula is C9H9NO5S. The van der Waals surface area contributed by atoms with Gasteiger partial charge in [-0.2, -0.15) is 0 Å². The molecule has 1 aromatic rings. The molecule has 0 spiro atoms. The van der Waals surface area contributed by atoms with Gasteiger partial charge in [-0.05, 0) is 11.4 Å². The first-order chi connectivity index (χ1) is 7.50. The van der Waals surface area contributed by atoms with E-state index < -0.39 is 30.9 Å². The van der Waals surface area contributed by atoms with Crippen molar-refractivity contribution in [2.75, 3.05) is 13.1 Å². The molecule has 16 heavy (non-hydrogen) atoms. The smallest absolute Gasteiger partial charge is 0.323 e. The highest BCUT2D eigenvalue weighted by Crippen LogP contribution is 2.11. The first-order valence-electron chi connectivity index (χ1n) is 4.27. The third-order valence-corrected chi connectivity index (χ3v) is 2.53. The van der Waals surface area contributed by atoms with E-state index in [-0.39, 0.29) is 0 Å². The predicted molar refractivity (Wildman–Crippen MR) is 55.5 cm³/mol. The Kier molecular flexibility index (Phi) is 4.01. The number of thiophene rings is 1. The third-order valence-electron chi connectivity index (χ3n) is 1.67. The SMILES string of the molecule is O=C(O)CN(CC(=O)O)C(=O)c1cccs1. The first kappa shape index (κ1) is 12.2. The summed E-state index contributed by atoms with van der Waals surface area (Å²) in [5.41, 5.74) is 0. The van der Waals surface area contributed by atoms with Crippen LogP contribution >= 0.6 is 11.3 Å². The van der Waals surface area contributed by atoms with Crippen LogP contribution in [0.5, 0.6) is 0 Å². The fraction of sp³-hybridized carbons (Fsp3) is 0.222. The summed E-state index contributed by atoms with van der Waals surface area (Å²) in [6.45, 7) is -1.24. The van der Waals surface area contributed by atoms with Crippen LogP contribution in [0, 0.1) is 0 Å². The summed E-state index contributed by atoms with van der Waals surface area (Å²) in [5, 5.41) is 18.8. The molecule has 7 heteroatoms. The molecule has 0 saturated carbocycles. The molecular weight excluding hydrogens is 234 g/mol. The van der Waals surface area contributed by atoms with Gasteiger partial charge in [-0.25, -0.2) is 0 Å². The molecule has 2 N–H and O–H groups in total. The minimum atomic E-state index is -1.24. The molecule has 0 fully saturated rings. The van der Waals surface area contributed by atoms with E-state index in [1.54, 1.807) is 11.4 Å². The second kappa shape index (κ2) is 5.26. The predicted octanol–water partition coefficient (Wildman–Crippen LogP) is 0.359. The quantitative estimate of drug-likeness (QED) is 0.778. The molecule has 0 aliphatic carbocycles. The molecule has 0 radical (unpaired) electrons. The number of amides is 1. The Morgan fingerprint density at radius 2 is 1.75 bits per heavy atom. The van der Waals surface area contributed by atoms with Gasteiger partial charge in [0.25, 0.3) is 5.91 Å². The molecule has 1 rings (SSSR count). The summed E-state index contributed by atoms with van der Waals surface area (Å²) in [6, 6.07) is 3.15. The van der Waals surface area contributed by atoms with Gasteiger partial charge in [-0.1, -0.05) is 6.07 Å². The fourth-order valence-electron chi connectivity index (χ4n) is 1.08. The van der Waals surface area contributed by atoms with Gasteiger partial charge < -0.3 is 15.1 Å². The van der Waals surface area contributed by atoms with Crippen molar-refractivity contribution in [1.82, 2.24) is 4.90 Å². The highest BCUT2D eigenvalue weighted by molar-refractivity contribution is 7.12. The molecule has 0 aliphatic heterocycles. The number of carbonyl (C=O) groups excluding carboxylic acids is 1. The van der Waals surface area contributed by atoms with Crippen LogP contribution in [0.3, 0.4) is 0 Å². The number of carboxylic acids is 2. The van der Waals surface area contributed by atoms with Gasteiger partial charge in [0.1, 0.15) is 13.1 Å². The number of hydrogen-bond acceptors (Lipinski definition) is 4. The van der Waals surface area contributed by atoms with Crippen LogP contribution < -0.4 is 0 Å². The Labute approximate surface area is 94.7 Å². The molecule has 0 aromatic carbocycles. The lowest BCUT2D eigenvalue weighted by Crippen LogP contribution is -2.39. The van der Waals surface area contributed by atoms with Crippen LogP contribution in [0.4, 0.5) is 0 Å². The summed E-state index contributed by atoms with van der Waals surface area (Å²) >= 11 is 1.14. The van der Waals surface area contributed by atoms with Crippen LogP contribution in [0.1, 0.15) is 9.67 Å². The minimum absolute atomic E-state index is 0.322. The standard InChI is InChI=1S/C9H9NO5S/c11-7(12)4-10(5-8(13)14)9(15)6-2-1-3-16-6/h1-3H,4-5H2,(H,11,12)(H,13,14). The Morgan fingerprint density at radius 3 is 2.12 bits per heavy atom. The molecule has 1 aromatic heterocycles. The zero-order valence-corrected chi connectivity index (χ0v) is 8.94. The Balaban J connectivity index is 2.79. The molecule has 0 bridgehead atoms. The largest absolute Gasteiger partial charge is 0.480 e. The third kappa shape index (κ3) is 3.35. The lowest BCUT2D eigenvalue weighted by atomic mass is 10.3. The van der Waals surface area contributed by atoms with E-state index in [9.17, 15) is 14.4 Å². The highest BCUT2D eigenvalue weighted by atomic mass is 32.1. The van der Waals surface area contributed by atoms with Gasteiger partial charge in [0.05, 0.1) is 4.88 Å². The number of rotatable bonds is 5. The lowest BCUT2D eigenvalue weighted by Gasteiger charge is -2.17. The second-order valence-corrected chi connectivity index (χ2v) is 3.87. The van der Waals surface area contributed by atoms with Gasteiger partial charge in [-0.15, -0.1) is 11.3 Å². The van der Waals surface area contributed by atoms with E-state index in [4.69, 9.17) is 10.2 Å². The molecule has 6 nitrogen and oxygen atoms in total. The van der Waals surface area contributed by atoms with E-state index in [1.807, 2.05) is 0 Å². The Bertz CT molecular complexity index is 384. The highest BCUT2D eigenvalue weighted by Gasteiger charge is 2.21. The van der Waals surface area contributed by atoms with Gasteiger partial charge in [0.15, 0.2) is 0 Å².